The second kappa shape index (κ2) is 8.04. The molecule has 0 aromatic heterocycles. The van der Waals surface area contributed by atoms with E-state index in [-0.39, 0.29) is 28.3 Å². The number of hydrogen-bond acceptors (Lipinski definition) is 3. The normalized spacial score (nSPS) is 19.2. The number of hydrogen-bond donors (Lipinski definition) is 0. The van der Waals surface area contributed by atoms with E-state index in [1.165, 1.54) is 16.4 Å². The number of nitrogens with zero attached hydrogens (tertiary/aromatic N) is 2. The van der Waals surface area contributed by atoms with Crippen LogP contribution in [0.3, 0.4) is 0 Å². The first-order valence-corrected chi connectivity index (χ1v) is 10.2. The van der Waals surface area contributed by atoms with Gasteiger partial charge >= 0.3 is 0 Å². The van der Waals surface area contributed by atoms with Crippen LogP contribution in [0.2, 0.25) is 10.0 Å². The number of piperidine rings is 1. The molecule has 24 heavy (non-hydrogen) atoms. The summed E-state index contributed by atoms with van der Waals surface area (Å²) < 4.78 is 27.1. The highest BCUT2D eigenvalue weighted by Gasteiger charge is 2.35. The van der Waals surface area contributed by atoms with Crippen molar-refractivity contribution in [1.29, 1.82) is 0 Å². The zero-order chi connectivity index (χ0) is 17.9. The largest absolute Gasteiger partial charge is 0.343 e. The Hall–Kier alpha value is -0.820. The first-order chi connectivity index (χ1) is 11.3. The Kier molecular flexibility index (Phi) is 6.53. The van der Waals surface area contributed by atoms with Gasteiger partial charge in [-0.1, -0.05) is 23.2 Å². The van der Waals surface area contributed by atoms with E-state index in [9.17, 15) is 13.2 Å². The highest BCUT2D eigenvalue weighted by molar-refractivity contribution is 7.89. The fourth-order valence-electron chi connectivity index (χ4n) is 2.97. The first-order valence-electron chi connectivity index (χ1n) is 8.05. The maximum Gasteiger partial charge on any atom is 0.244 e. The summed E-state index contributed by atoms with van der Waals surface area (Å²) in [5.74, 6) is -0.302. The molecule has 1 atom stereocenters. The molecule has 8 heteroatoms. The Morgan fingerprint density at radius 3 is 2.58 bits per heavy atom. The van der Waals surface area contributed by atoms with E-state index in [0.717, 1.165) is 0 Å². The lowest BCUT2D eigenvalue weighted by atomic mass is 9.98. The Morgan fingerprint density at radius 1 is 1.29 bits per heavy atom. The molecule has 1 amide bonds. The van der Waals surface area contributed by atoms with Gasteiger partial charge in [0.1, 0.15) is 4.90 Å². The number of halogens is 2. The van der Waals surface area contributed by atoms with Gasteiger partial charge in [-0.15, -0.1) is 0 Å². The molecule has 2 rings (SSSR count). The topological polar surface area (TPSA) is 57.7 Å². The van der Waals surface area contributed by atoms with E-state index >= 15 is 0 Å². The monoisotopic (exact) mass is 392 g/mol. The van der Waals surface area contributed by atoms with E-state index in [1.807, 2.05) is 13.8 Å². The van der Waals surface area contributed by atoms with Crippen molar-refractivity contribution in [2.75, 3.05) is 26.2 Å². The zero-order valence-corrected chi connectivity index (χ0v) is 16.2. The molecule has 1 aromatic rings. The lowest BCUT2D eigenvalue weighted by molar-refractivity contribution is -0.136. The maximum absolute atomic E-state index is 12.9. The summed E-state index contributed by atoms with van der Waals surface area (Å²) in [6.07, 6.45) is 1.35. The van der Waals surface area contributed by atoms with Crippen LogP contribution in [0.25, 0.3) is 0 Å². The van der Waals surface area contributed by atoms with Gasteiger partial charge in [-0.3, -0.25) is 4.79 Å². The minimum absolute atomic E-state index is 0.00685. The molecule has 0 spiro atoms. The summed E-state index contributed by atoms with van der Waals surface area (Å²) in [5.41, 5.74) is 0. The molecule has 0 N–H and O–H groups in total. The molecule has 134 valence electrons. The molecule has 1 aliphatic rings. The lowest BCUT2D eigenvalue weighted by Crippen LogP contribution is -2.46. The predicted octanol–water partition coefficient (Wildman–Crippen LogP) is 3.26. The average Bonchev–Trinajstić information content (AvgIpc) is 2.58. The van der Waals surface area contributed by atoms with Crippen molar-refractivity contribution in [2.24, 2.45) is 5.92 Å². The molecule has 1 heterocycles. The number of amides is 1. The van der Waals surface area contributed by atoms with Gasteiger partial charge in [-0.2, -0.15) is 4.31 Å². The third-order valence-corrected chi connectivity index (χ3v) is 6.90. The molecule has 1 fully saturated rings. The van der Waals surface area contributed by atoms with Crippen molar-refractivity contribution < 1.29 is 13.2 Å². The molecule has 0 aliphatic carbocycles. The van der Waals surface area contributed by atoms with Crippen LogP contribution in [0, 0.1) is 5.92 Å². The van der Waals surface area contributed by atoms with Crippen molar-refractivity contribution in [3.8, 4) is 0 Å². The predicted molar refractivity (Wildman–Crippen MR) is 95.9 cm³/mol. The van der Waals surface area contributed by atoms with E-state index in [1.54, 1.807) is 11.0 Å². The van der Waals surface area contributed by atoms with Gasteiger partial charge in [0.05, 0.1) is 10.9 Å². The quantitative estimate of drug-likeness (QED) is 0.772. The highest BCUT2D eigenvalue weighted by atomic mass is 35.5. The number of carbonyl (C=O) groups is 1. The molecule has 0 unspecified atom stereocenters. The summed E-state index contributed by atoms with van der Waals surface area (Å²) in [5, 5.41) is 0.447. The molecular weight excluding hydrogens is 371 g/mol. The molecule has 1 aliphatic heterocycles. The first kappa shape index (κ1) is 19.5. The molecule has 1 saturated heterocycles. The number of rotatable bonds is 5. The fourth-order valence-corrected chi connectivity index (χ4v) is 5.23. The Bertz CT molecular complexity index is 705. The second-order valence-corrected chi connectivity index (χ2v) is 8.54. The lowest BCUT2D eigenvalue weighted by Gasteiger charge is -2.34. The summed E-state index contributed by atoms with van der Waals surface area (Å²) >= 11 is 12.0. The molecule has 1 aromatic carbocycles. The second-order valence-electron chi connectivity index (χ2n) is 5.79. The van der Waals surface area contributed by atoms with Crippen LogP contribution >= 0.6 is 23.2 Å². The minimum atomic E-state index is -3.77. The Labute approximate surface area is 153 Å². The third-order valence-electron chi connectivity index (χ3n) is 4.32. The summed E-state index contributed by atoms with van der Waals surface area (Å²) in [7, 11) is -3.77. The van der Waals surface area contributed by atoms with E-state index in [4.69, 9.17) is 23.2 Å². The fraction of sp³-hybridized carbons (Fsp3) is 0.562. The third kappa shape index (κ3) is 4.04. The summed E-state index contributed by atoms with van der Waals surface area (Å²) in [6, 6.07) is 4.38. The van der Waals surface area contributed by atoms with Gasteiger partial charge in [0.15, 0.2) is 0 Å². The van der Waals surface area contributed by atoms with Crippen molar-refractivity contribution in [1.82, 2.24) is 9.21 Å². The summed E-state index contributed by atoms with van der Waals surface area (Å²) in [6.45, 7) is 5.65. The Morgan fingerprint density at radius 2 is 1.96 bits per heavy atom. The van der Waals surface area contributed by atoms with Crippen LogP contribution in [-0.2, 0) is 14.8 Å². The van der Waals surface area contributed by atoms with E-state index in [2.05, 4.69) is 0 Å². The molecule has 0 bridgehead atoms. The van der Waals surface area contributed by atoms with Crippen molar-refractivity contribution in [2.45, 2.75) is 31.6 Å². The van der Waals surface area contributed by atoms with Crippen LogP contribution in [0.4, 0.5) is 0 Å². The summed E-state index contributed by atoms with van der Waals surface area (Å²) in [4.78, 5) is 14.3. The van der Waals surface area contributed by atoms with Crippen LogP contribution in [0.5, 0.6) is 0 Å². The maximum atomic E-state index is 12.9. The number of carbonyl (C=O) groups excluding carboxylic acids is 1. The van der Waals surface area contributed by atoms with Crippen LogP contribution in [0.15, 0.2) is 23.1 Å². The van der Waals surface area contributed by atoms with Crippen LogP contribution in [-0.4, -0.2) is 49.7 Å². The average molecular weight is 393 g/mol. The molecule has 5 nitrogen and oxygen atoms in total. The highest BCUT2D eigenvalue weighted by Crippen LogP contribution is 2.30. The Balaban J connectivity index is 2.25. The van der Waals surface area contributed by atoms with Crippen LogP contribution < -0.4 is 0 Å². The van der Waals surface area contributed by atoms with Gasteiger partial charge in [0.2, 0.25) is 15.9 Å². The van der Waals surface area contributed by atoms with Crippen molar-refractivity contribution in [3.05, 3.63) is 28.2 Å². The molecular formula is C16H22Cl2N2O3S. The van der Waals surface area contributed by atoms with Gasteiger partial charge in [-0.25, -0.2) is 8.42 Å². The van der Waals surface area contributed by atoms with Gasteiger partial charge in [0.25, 0.3) is 0 Å². The van der Waals surface area contributed by atoms with E-state index in [0.29, 0.717) is 37.5 Å². The molecule has 0 radical (unpaired) electrons. The van der Waals surface area contributed by atoms with Crippen LogP contribution in [0.1, 0.15) is 26.7 Å². The number of sulfonamides is 1. The van der Waals surface area contributed by atoms with Crippen molar-refractivity contribution >= 4 is 39.1 Å². The standard InChI is InChI=1S/C16H22Cl2N2O3S/c1-3-19(4-2)16(21)12-6-5-9-20(11-12)24(22,23)15-10-13(17)7-8-14(15)18/h7-8,10,12H,3-6,9,11H2,1-2H3/t12-/m0/s1. The van der Waals surface area contributed by atoms with Gasteiger partial charge < -0.3 is 4.90 Å². The van der Waals surface area contributed by atoms with Gasteiger partial charge in [-0.05, 0) is 44.9 Å². The minimum Gasteiger partial charge on any atom is -0.343 e. The van der Waals surface area contributed by atoms with E-state index < -0.39 is 10.0 Å². The van der Waals surface area contributed by atoms with Gasteiger partial charge in [0, 0.05) is 31.2 Å². The molecule has 0 saturated carbocycles. The smallest absolute Gasteiger partial charge is 0.244 e. The SMILES string of the molecule is CCN(CC)C(=O)[C@H]1CCCN(S(=O)(=O)c2cc(Cl)ccc2Cl)C1. The zero-order valence-electron chi connectivity index (χ0n) is 13.8. The number of benzene rings is 1. The van der Waals surface area contributed by atoms with Crippen molar-refractivity contribution in [3.63, 3.8) is 0 Å².